The summed E-state index contributed by atoms with van der Waals surface area (Å²) in [6.45, 7) is 3.99. The van der Waals surface area contributed by atoms with E-state index in [1.165, 1.54) is 6.08 Å². The van der Waals surface area contributed by atoms with Crippen molar-refractivity contribution in [3.8, 4) is 5.75 Å². The summed E-state index contributed by atoms with van der Waals surface area (Å²) in [6, 6.07) is 4.04. The SMILES string of the molecule is COc1c(C)cc(C)cc1/C=C/C=C/C(=O)O. The average molecular weight is 232 g/mol. The van der Waals surface area contributed by atoms with Crippen molar-refractivity contribution in [2.24, 2.45) is 0 Å². The molecule has 0 aliphatic rings. The molecule has 0 bridgehead atoms. The molecule has 3 nitrogen and oxygen atoms in total. The molecule has 0 heterocycles. The van der Waals surface area contributed by atoms with E-state index in [4.69, 9.17) is 9.84 Å². The Balaban J connectivity index is 3.01. The molecule has 0 radical (unpaired) electrons. The monoisotopic (exact) mass is 232 g/mol. The van der Waals surface area contributed by atoms with Gasteiger partial charge in [0.2, 0.25) is 0 Å². The number of benzene rings is 1. The van der Waals surface area contributed by atoms with Gasteiger partial charge in [-0.1, -0.05) is 29.9 Å². The summed E-state index contributed by atoms with van der Waals surface area (Å²) in [7, 11) is 1.63. The summed E-state index contributed by atoms with van der Waals surface area (Å²) in [5, 5.41) is 8.45. The summed E-state index contributed by atoms with van der Waals surface area (Å²) in [6.07, 6.45) is 6.09. The van der Waals surface area contributed by atoms with E-state index in [2.05, 4.69) is 0 Å². The van der Waals surface area contributed by atoms with Crippen molar-refractivity contribution >= 4 is 12.0 Å². The Labute approximate surface area is 101 Å². The summed E-state index contributed by atoms with van der Waals surface area (Å²) in [5.74, 6) is -0.141. The highest BCUT2D eigenvalue weighted by molar-refractivity contribution is 5.80. The van der Waals surface area contributed by atoms with E-state index in [9.17, 15) is 4.79 Å². The van der Waals surface area contributed by atoms with Crippen LogP contribution in [-0.2, 0) is 4.79 Å². The minimum absolute atomic E-state index is 0.815. The maximum Gasteiger partial charge on any atom is 0.328 e. The number of carbonyl (C=O) groups is 1. The van der Waals surface area contributed by atoms with Gasteiger partial charge in [-0.2, -0.15) is 0 Å². The molecule has 1 aromatic rings. The normalized spacial score (nSPS) is 11.2. The van der Waals surface area contributed by atoms with Crippen molar-refractivity contribution < 1.29 is 14.6 Å². The molecule has 0 spiro atoms. The molecule has 0 saturated carbocycles. The van der Waals surface area contributed by atoms with E-state index in [-0.39, 0.29) is 0 Å². The topological polar surface area (TPSA) is 46.5 Å². The molecule has 0 amide bonds. The molecule has 3 heteroatoms. The molecule has 0 atom stereocenters. The van der Waals surface area contributed by atoms with Crippen LogP contribution in [0.5, 0.6) is 5.75 Å². The maximum atomic E-state index is 10.3. The van der Waals surface area contributed by atoms with Gasteiger partial charge in [0.25, 0.3) is 0 Å². The molecule has 1 N–H and O–H groups in total. The first-order valence-corrected chi connectivity index (χ1v) is 5.27. The van der Waals surface area contributed by atoms with Crippen LogP contribution in [0.1, 0.15) is 16.7 Å². The largest absolute Gasteiger partial charge is 0.496 e. The molecule has 0 aliphatic carbocycles. The average Bonchev–Trinajstić information content (AvgIpc) is 2.23. The molecule has 0 saturated heterocycles. The van der Waals surface area contributed by atoms with Gasteiger partial charge in [-0.05, 0) is 25.5 Å². The van der Waals surface area contributed by atoms with E-state index in [1.54, 1.807) is 13.2 Å². The van der Waals surface area contributed by atoms with Crippen LogP contribution in [0, 0.1) is 13.8 Å². The Kier molecular flexibility index (Phi) is 4.52. The highest BCUT2D eigenvalue weighted by atomic mass is 16.5. The predicted octanol–water partition coefficient (Wildman–Crippen LogP) is 2.97. The van der Waals surface area contributed by atoms with Crippen molar-refractivity contribution in [2.45, 2.75) is 13.8 Å². The van der Waals surface area contributed by atoms with Crippen LogP contribution in [0.4, 0.5) is 0 Å². The third kappa shape index (κ3) is 3.79. The fourth-order valence-electron chi connectivity index (χ4n) is 1.69. The van der Waals surface area contributed by atoms with E-state index < -0.39 is 5.97 Å². The first-order valence-electron chi connectivity index (χ1n) is 5.27. The minimum Gasteiger partial charge on any atom is -0.496 e. The van der Waals surface area contributed by atoms with Gasteiger partial charge in [-0.25, -0.2) is 4.79 Å². The fourth-order valence-corrected chi connectivity index (χ4v) is 1.69. The molecule has 1 rings (SSSR count). The number of aliphatic carboxylic acids is 1. The fraction of sp³-hybridized carbons (Fsp3) is 0.214. The molecule has 0 aromatic heterocycles. The summed E-state index contributed by atoms with van der Waals surface area (Å²) in [5.41, 5.74) is 3.15. The molecule has 90 valence electrons. The maximum absolute atomic E-state index is 10.3. The Hall–Kier alpha value is -2.03. The number of carboxylic acid groups (broad SMARTS) is 1. The van der Waals surface area contributed by atoms with Crippen LogP contribution in [-0.4, -0.2) is 18.2 Å². The number of ether oxygens (including phenoxy) is 1. The zero-order chi connectivity index (χ0) is 12.8. The van der Waals surface area contributed by atoms with Crippen LogP contribution < -0.4 is 4.74 Å². The van der Waals surface area contributed by atoms with Crippen LogP contribution in [0.25, 0.3) is 6.08 Å². The Bertz CT molecular complexity index is 471. The number of allylic oxidation sites excluding steroid dienone is 2. The zero-order valence-electron chi connectivity index (χ0n) is 10.2. The van der Waals surface area contributed by atoms with E-state index in [0.717, 1.165) is 28.5 Å². The van der Waals surface area contributed by atoms with Gasteiger partial charge < -0.3 is 9.84 Å². The van der Waals surface area contributed by atoms with Gasteiger partial charge >= 0.3 is 5.97 Å². The molecule has 0 aliphatic heterocycles. The number of rotatable bonds is 4. The third-order valence-electron chi connectivity index (χ3n) is 2.28. The van der Waals surface area contributed by atoms with Gasteiger partial charge in [0.05, 0.1) is 7.11 Å². The standard InChI is InChI=1S/C14H16O3/c1-10-8-11(2)14(17-3)12(9-10)6-4-5-7-13(15)16/h4-9H,1-3H3,(H,15,16)/b6-4+,7-5+. The Morgan fingerprint density at radius 2 is 2.00 bits per heavy atom. The minimum atomic E-state index is -0.956. The molecule has 0 fully saturated rings. The second kappa shape index (κ2) is 5.89. The predicted molar refractivity (Wildman–Crippen MR) is 68.3 cm³/mol. The third-order valence-corrected chi connectivity index (χ3v) is 2.28. The first-order chi connectivity index (χ1) is 8.04. The van der Waals surface area contributed by atoms with Crippen molar-refractivity contribution in [1.82, 2.24) is 0 Å². The van der Waals surface area contributed by atoms with Crippen LogP contribution >= 0.6 is 0 Å². The van der Waals surface area contributed by atoms with E-state index in [0.29, 0.717) is 0 Å². The number of aryl methyl sites for hydroxylation is 2. The summed E-state index contributed by atoms with van der Waals surface area (Å²) < 4.78 is 5.32. The second-order valence-electron chi connectivity index (χ2n) is 3.76. The highest BCUT2D eigenvalue weighted by Gasteiger charge is 2.03. The Morgan fingerprint density at radius 3 is 2.59 bits per heavy atom. The van der Waals surface area contributed by atoms with Gasteiger partial charge in [-0.15, -0.1) is 0 Å². The number of methoxy groups -OCH3 is 1. The quantitative estimate of drug-likeness (QED) is 0.641. The van der Waals surface area contributed by atoms with Crippen molar-refractivity contribution in [2.75, 3.05) is 7.11 Å². The second-order valence-corrected chi connectivity index (χ2v) is 3.76. The van der Waals surface area contributed by atoms with Crippen molar-refractivity contribution in [3.63, 3.8) is 0 Å². The first kappa shape index (κ1) is 13.0. The number of hydrogen-bond donors (Lipinski definition) is 1. The lowest BCUT2D eigenvalue weighted by Crippen LogP contribution is -1.92. The van der Waals surface area contributed by atoms with Crippen LogP contribution in [0.3, 0.4) is 0 Å². The Morgan fingerprint density at radius 1 is 1.29 bits per heavy atom. The molecular weight excluding hydrogens is 216 g/mol. The van der Waals surface area contributed by atoms with Gasteiger partial charge in [0, 0.05) is 11.6 Å². The van der Waals surface area contributed by atoms with E-state index in [1.807, 2.05) is 32.1 Å². The van der Waals surface area contributed by atoms with Gasteiger partial charge in [0.1, 0.15) is 5.75 Å². The van der Waals surface area contributed by atoms with Gasteiger partial charge in [0.15, 0.2) is 0 Å². The highest BCUT2D eigenvalue weighted by Crippen LogP contribution is 2.26. The summed E-state index contributed by atoms with van der Waals surface area (Å²) in [4.78, 5) is 10.3. The van der Waals surface area contributed by atoms with Crippen LogP contribution in [0.15, 0.2) is 30.4 Å². The lowest BCUT2D eigenvalue weighted by Gasteiger charge is -2.09. The molecule has 0 unspecified atom stereocenters. The van der Waals surface area contributed by atoms with Crippen molar-refractivity contribution in [3.05, 3.63) is 47.1 Å². The summed E-state index contributed by atoms with van der Waals surface area (Å²) >= 11 is 0. The smallest absolute Gasteiger partial charge is 0.328 e. The number of carboxylic acids is 1. The molecular formula is C14H16O3. The van der Waals surface area contributed by atoms with Crippen LogP contribution in [0.2, 0.25) is 0 Å². The van der Waals surface area contributed by atoms with Gasteiger partial charge in [-0.3, -0.25) is 0 Å². The van der Waals surface area contributed by atoms with Crippen molar-refractivity contribution in [1.29, 1.82) is 0 Å². The van der Waals surface area contributed by atoms with E-state index >= 15 is 0 Å². The zero-order valence-corrected chi connectivity index (χ0v) is 10.2. The lowest BCUT2D eigenvalue weighted by atomic mass is 10.1. The number of hydrogen-bond acceptors (Lipinski definition) is 2. The lowest BCUT2D eigenvalue weighted by molar-refractivity contribution is -0.131. The molecule has 17 heavy (non-hydrogen) atoms. The molecule has 1 aromatic carbocycles.